The van der Waals surface area contributed by atoms with Crippen LogP contribution in [0.15, 0.2) is 24.3 Å². The molecule has 1 aliphatic rings. The van der Waals surface area contributed by atoms with Gasteiger partial charge < -0.3 is 14.7 Å². The first-order chi connectivity index (χ1) is 10.6. The van der Waals surface area contributed by atoms with E-state index in [0.717, 1.165) is 25.2 Å². The first-order valence-electron chi connectivity index (χ1n) is 7.91. The van der Waals surface area contributed by atoms with Gasteiger partial charge in [-0.25, -0.2) is 4.79 Å². The summed E-state index contributed by atoms with van der Waals surface area (Å²) < 4.78 is 5.27. The van der Waals surface area contributed by atoms with E-state index in [-0.39, 0.29) is 12.7 Å². The Morgan fingerprint density at radius 3 is 2.27 bits per heavy atom. The van der Waals surface area contributed by atoms with Crippen LogP contribution in [0.1, 0.15) is 25.0 Å². The lowest BCUT2D eigenvalue weighted by Gasteiger charge is -2.34. The van der Waals surface area contributed by atoms with Crippen molar-refractivity contribution in [3.63, 3.8) is 0 Å². The Balaban J connectivity index is 1.75. The van der Waals surface area contributed by atoms with Crippen LogP contribution in [0.4, 0.5) is 4.79 Å². The number of carbonyl (C=O) groups excluding carboxylic acids is 1. The molecule has 1 aliphatic heterocycles. The maximum absolute atomic E-state index is 11.9. The van der Waals surface area contributed by atoms with Gasteiger partial charge in [0.15, 0.2) is 0 Å². The molecule has 1 heterocycles. The molecule has 2 rings (SSSR count). The molecule has 0 spiro atoms. The zero-order chi connectivity index (χ0) is 15.9. The molecule has 1 N–H and O–H groups in total. The van der Waals surface area contributed by atoms with Gasteiger partial charge in [0, 0.05) is 32.7 Å². The second-order valence-electron chi connectivity index (χ2n) is 6.21. The molecule has 1 aromatic carbocycles. The van der Waals surface area contributed by atoms with Crippen LogP contribution in [-0.2, 0) is 17.9 Å². The highest BCUT2D eigenvalue weighted by atomic mass is 16.6. The molecule has 22 heavy (non-hydrogen) atoms. The number of rotatable bonds is 5. The first-order valence-corrected chi connectivity index (χ1v) is 7.91. The van der Waals surface area contributed by atoms with Gasteiger partial charge in [0.25, 0.3) is 0 Å². The summed E-state index contributed by atoms with van der Waals surface area (Å²) in [7, 11) is 0. The number of nitrogens with zero attached hydrogens (tertiary/aromatic N) is 2. The molecule has 1 aromatic rings. The molecule has 5 nitrogen and oxygen atoms in total. The number of hydrogen-bond donors (Lipinski definition) is 1. The van der Waals surface area contributed by atoms with E-state index in [2.05, 4.69) is 17.0 Å². The fourth-order valence-corrected chi connectivity index (χ4v) is 2.43. The molecular weight excluding hydrogens is 280 g/mol. The van der Waals surface area contributed by atoms with Gasteiger partial charge in [0.2, 0.25) is 0 Å². The Hall–Kier alpha value is -1.59. The van der Waals surface area contributed by atoms with Gasteiger partial charge in [0.1, 0.15) is 0 Å². The van der Waals surface area contributed by atoms with Crippen LogP contribution >= 0.6 is 0 Å². The minimum Gasteiger partial charge on any atom is -0.449 e. The fourth-order valence-electron chi connectivity index (χ4n) is 2.43. The zero-order valence-corrected chi connectivity index (χ0v) is 13.5. The molecular formula is C17H26N2O3. The highest BCUT2D eigenvalue weighted by Crippen LogP contribution is 2.11. The predicted molar refractivity (Wildman–Crippen MR) is 85.4 cm³/mol. The second-order valence-corrected chi connectivity index (χ2v) is 6.21. The minimum absolute atomic E-state index is 0.0808. The fraction of sp³-hybridized carbons (Fsp3) is 0.588. The summed E-state index contributed by atoms with van der Waals surface area (Å²) in [4.78, 5) is 16.0. The van der Waals surface area contributed by atoms with Crippen LogP contribution in [0.2, 0.25) is 0 Å². The van der Waals surface area contributed by atoms with Crippen molar-refractivity contribution in [3.05, 3.63) is 35.4 Å². The van der Waals surface area contributed by atoms with Crippen molar-refractivity contribution in [2.45, 2.75) is 27.0 Å². The second kappa shape index (κ2) is 8.15. The number of aliphatic hydroxyl groups is 1. The normalized spacial score (nSPS) is 16.1. The topological polar surface area (TPSA) is 53.0 Å². The Morgan fingerprint density at radius 2 is 1.73 bits per heavy atom. The molecule has 1 fully saturated rings. The average Bonchev–Trinajstić information content (AvgIpc) is 2.54. The van der Waals surface area contributed by atoms with Crippen molar-refractivity contribution in [1.29, 1.82) is 0 Å². The van der Waals surface area contributed by atoms with Crippen molar-refractivity contribution < 1.29 is 14.6 Å². The van der Waals surface area contributed by atoms with E-state index < -0.39 is 0 Å². The van der Waals surface area contributed by atoms with E-state index >= 15 is 0 Å². The molecule has 122 valence electrons. The predicted octanol–water partition coefficient (Wildman–Crippen LogP) is 2.09. The van der Waals surface area contributed by atoms with Crippen molar-refractivity contribution >= 4 is 6.09 Å². The molecule has 1 saturated heterocycles. The van der Waals surface area contributed by atoms with Crippen LogP contribution in [0.5, 0.6) is 0 Å². The summed E-state index contributed by atoms with van der Waals surface area (Å²) in [6.45, 7) is 8.66. The van der Waals surface area contributed by atoms with E-state index in [1.54, 1.807) is 4.90 Å². The number of benzene rings is 1. The van der Waals surface area contributed by atoms with Crippen LogP contribution in [0.25, 0.3) is 0 Å². The Bertz CT molecular complexity index is 465. The highest BCUT2D eigenvalue weighted by Gasteiger charge is 2.22. The largest absolute Gasteiger partial charge is 0.449 e. The van der Waals surface area contributed by atoms with E-state index in [1.165, 1.54) is 5.56 Å². The van der Waals surface area contributed by atoms with Crippen molar-refractivity contribution in [1.82, 2.24) is 9.80 Å². The van der Waals surface area contributed by atoms with Gasteiger partial charge in [-0.2, -0.15) is 0 Å². The third kappa shape index (κ3) is 5.00. The average molecular weight is 306 g/mol. The third-order valence-electron chi connectivity index (χ3n) is 3.78. The number of hydrogen-bond acceptors (Lipinski definition) is 4. The van der Waals surface area contributed by atoms with Gasteiger partial charge in [-0.05, 0) is 17.0 Å². The van der Waals surface area contributed by atoms with Crippen molar-refractivity contribution in [2.75, 3.05) is 32.8 Å². The summed E-state index contributed by atoms with van der Waals surface area (Å²) in [5.41, 5.74) is 2.16. The highest BCUT2D eigenvalue weighted by molar-refractivity contribution is 5.67. The summed E-state index contributed by atoms with van der Waals surface area (Å²) in [5.74, 6) is 0.368. The van der Waals surface area contributed by atoms with Crippen molar-refractivity contribution in [2.24, 2.45) is 5.92 Å². The van der Waals surface area contributed by atoms with Crippen LogP contribution < -0.4 is 0 Å². The summed E-state index contributed by atoms with van der Waals surface area (Å²) >= 11 is 0. The van der Waals surface area contributed by atoms with Crippen LogP contribution in [0.3, 0.4) is 0 Å². The van der Waals surface area contributed by atoms with E-state index in [1.807, 2.05) is 26.0 Å². The zero-order valence-electron chi connectivity index (χ0n) is 13.5. The molecule has 0 radical (unpaired) electrons. The van der Waals surface area contributed by atoms with E-state index in [9.17, 15) is 4.79 Å². The molecule has 0 aliphatic carbocycles. The maximum Gasteiger partial charge on any atom is 0.409 e. The Morgan fingerprint density at radius 1 is 1.14 bits per heavy atom. The van der Waals surface area contributed by atoms with Gasteiger partial charge in [-0.3, -0.25) is 4.90 Å². The van der Waals surface area contributed by atoms with Crippen LogP contribution in [0, 0.1) is 5.92 Å². The molecule has 0 unspecified atom stereocenters. The molecule has 0 bridgehead atoms. The molecule has 1 amide bonds. The molecule has 0 aromatic heterocycles. The van der Waals surface area contributed by atoms with Crippen molar-refractivity contribution in [3.8, 4) is 0 Å². The maximum atomic E-state index is 11.9. The molecule has 5 heteroatoms. The van der Waals surface area contributed by atoms with Gasteiger partial charge in [-0.15, -0.1) is 0 Å². The molecule has 0 atom stereocenters. The quantitative estimate of drug-likeness (QED) is 0.905. The smallest absolute Gasteiger partial charge is 0.409 e. The van der Waals surface area contributed by atoms with E-state index in [0.29, 0.717) is 25.6 Å². The van der Waals surface area contributed by atoms with Gasteiger partial charge >= 0.3 is 6.09 Å². The summed E-state index contributed by atoms with van der Waals surface area (Å²) in [6, 6.07) is 8.01. The monoisotopic (exact) mass is 306 g/mol. The third-order valence-corrected chi connectivity index (χ3v) is 3.78. The first kappa shape index (κ1) is 16.8. The minimum atomic E-state index is -0.194. The SMILES string of the molecule is CC(C)COC(=O)N1CCN(Cc2ccc(CO)cc2)CC1. The summed E-state index contributed by atoms with van der Waals surface area (Å²) in [6.07, 6.45) is -0.194. The number of aliphatic hydroxyl groups excluding tert-OH is 1. The number of piperazine rings is 1. The Labute approximate surface area is 132 Å². The molecule has 0 saturated carbocycles. The number of amides is 1. The number of carbonyl (C=O) groups is 1. The lowest BCUT2D eigenvalue weighted by Crippen LogP contribution is -2.48. The van der Waals surface area contributed by atoms with E-state index in [4.69, 9.17) is 9.84 Å². The standard InChI is InChI=1S/C17H26N2O3/c1-14(2)13-22-17(21)19-9-7-18(8-10-19)11-15-3-5-16(12-20)6-4-15/h3-6,14,20H,7-13H2,1-2H3. The number of ether oxygens (including phenoxy) is 1. The van der Waals surface area contributed by atoms with Gasteiger partial charge in [0.05, 0.1) is 13.2 Å². The summed E-state index contributed by atoms with van der Waals surface area (Å²) in [5, 5.41) is 9.05. The van der Waals surface area contributed by atoms with Gasteiger partial charge in [-0.1, -0.05) is 38.1 Å². The lowest BCUT2D eigenvalue weighted by molar-refractivity contribution is 0.0676. The lowest BCUT2D eigenvalue weighted by atomic mass is 10.1. The van der Waals surface area contributed by atoms with Crippen LogP contribution in [-0.4, -0.2) is 53.8 Å². The Kier molecular flexibility index (Phi) is 6.21.